The Balaban J connectivity index is 2.07. The molecule has 116 valence electrons. The third kappa shape index (κ3) is 3.38. The van der Waals surface area contributed by atoms with Crippen molar-refractivity contribution in [1.29, 1.82) is 0 Å². The van der Waals surface area contributed by atoms with E-state index >= 15 is 0 Å². The van der Waals surface area contributed by atoms with Crippen LogP contribution in [0.25, 0.3) is 0 Å². The lowest BCUT2D eigenvalue weighted by Gasteiger charge is -2.40. The number of carbonyl (C=O) groups excluding carboxylic acids is 1. The van der Waals surface area contributed by atoms with E-state index in [1.807, 2.05) is 43.0 Å². The summed E-state index contributed by atoms with van der Waals surface area (Å²) < 4.78 is 0. The number of piperazine rings is 1. The first kappa shape index (κ1) is 15.8. The minimum Gasteiger partial charge on any atom is -0.399 e. The molecule has 0 radical (unpaired) electrons. The van der Waals surface area contributed by atoms with Crippen molar-refractivity contribution in [3.8, 4) is 0 Å². The molecule has 2 rings (SSSR count). The number of carbonyl (C=O) groups is 1. The van der Waals surface area contributed by atoms with Crippen LogP contribution >= 0.6 is 0 Å². The van der Waals surface area contributed by atoms with Gasteiger partial charge in [0.15, 0.2) is 0 Å². The zero-order valence-electron chi connectivity index (χ0n) is 13.6. The van der Waals surface area contributed by atoms with Crippen LogP contribution in [0.5, 0.6) is 0 Å². The van der Waals surface area contributed by atoms with Gasteiger partial charge in [0.2, 0.25) is 5.91 Å². The monoisotopic (exact) mass is 289 g/mol. The van der Waals surface area contributed by atoms with E-state index in [1.54, 1.807) is 0 Å². The Labute approximate surface area is 127 Å². The van der Waals surface area contributed by atoms with Gasteiger partial charge in [-0.2, -0.15) is 0 Å². The van der Waals surface area contributed by atoms with Gasteiger partial charge in [0.25, 0.3) is 0 Å². The van der Waals surface area contributed by atoms with Crippen LogP contribution in [0.2, 0.25) is 0 Å². The lowest BCUT2D eigenvalue weighted by atomic mass is 9.83. The van der Waals surface area contributed by atoms with Crippen molar-refractivity contribution in [3.63, 3.8) is 0 Å². The lowest BCUT2D eigenvalue weighted by Crippen LogP contribution is -2.54. The van der Waals surface area contributed by atoms with Crippen LogP contribution in [-0.4, -0.2) is 47.9 Å². The number of hydrogen-bond donors (Lipinski definition) is 1. The second kappa shape index (κ2) is 6.06. The predicted molar refractivity (Wildman–Crippen MR) is 87.2 cm³/mol. The van der Waals surface area contributed by atoms with Crippen molar-refractivity contribution in [1.82, 2.24) is 9.80 Å². The Hall–Kier alpha value is -1.55. The molecule has 4 heteroatoms. The molecule has 0 unspecified atom stereocenters. The number of amides is 1. The second-order valence-corrected chi connectivity index (χ2v) is 6.67. The first-order valence-electron chi connectivity index (χ1n) is 7.72. The molecular weight excluding hydrogens is 262 g/mol. The van der Waals surface area contributed by atoms with Gasteiger partial charge < -0.3 is 10.6 Å². The van der Waals surface area contributed by atoms with Crippen LogP contribution in [0, 0.1) is 0 Å². The molecule has 1 heterocycles. The highest BCUT2D eigenvalue weighted by atomic mass is 16.2. The summed E-state index contributed by atoms with van der Waals surface area (Å²) in [5.74, 6) is 0.204. The molecule has 0 saturated carbocycles. The van der Waals surface area contributed by atoms with E-state index < -0.39 is 5.41 Å². The molecular formula is C17H27N3O. The average Bonchev–Trinajstić information content (AvgIpc) is 2.47. The molecule has 21 heavy (non-hydrogen) atoms. The Morgan fingerprint density at radius 3 is 2.10 bits per heavy atom. The van der Waals surface area contributed by atoms with Crippen molar-refractivity contribution < 1.29 is 4.79 Å². The molecule has 0 atom stereocenters. The molecule has 1 aliphatic heterocycles. The quantitative estimate of drug-likeness (QED) is 0.867. The fourth-order valence-electron chi connectivity index (χ4n) is 2.86. The summed E-state index contributed by atoms with van der Waals surface area (Å²) in [6.07, 6.45) is 0. The van der Waals surface area contributed by atoms with Gasteiger partial charge >= 0.3 is 0 Å². The highest BCUT2D eigenvalue weighted by molar-refractivity contribution is 5.87. The number of rotatable bonds is 3. The molecule has 1 aromatic carbocycles. The SMILES string of the molecule is CC(C)N1CCN(C(=O)C(C)(C)c2ccc(N)cc2)CC1. The van der Waals surface area contributed by atoms with Crippen molar-refractivity contribution in [2.24, 2.45) is 0 Å². The van der Waals surface area contributed by atoms with E-state index in [9.17, 15) is 4.79 Å². The minimum atomic E-state index is -0.506. The largest absolute Gasteiger partial charge is 0.399 e. The van der Waals surface area contributed by atoms with Crippen LogP contribution in [0.3, 0.4) is 0 Å². The summed E-state index contributed by atoms with van der Waals surface area (Å²) >= 11 is 0. The standard InChI is InChI=1S/C17H27N3O/c1-13(2)19-9-11-20(12-10-19)16(21)17(3,4)14-5-7-15(18)8-6-14/h5-8,13H,9-12,18H2,1-4H3. The van der Waals surface area contributed by atoms with Gasteiger partial charge in [0.05, 0.1) is 5.41 Å². The van der Waals surface area contributed by atoms with Gasteiger partial charge in [-0.05, 0) is 45.4 Å². The maximum atomic E-state index is 12.9. The molecule has 1 aliphatic rings. The zero-order valence-corrected chi connectivity index (χ0v) is 13.6. The number of anilines is 1. The fraction of sp³-hybridized carbons (Fsp3) is 0.588. The summed E-state index contributed by atoms with van der Waals surface area (Å²) in [6, 6.07) is 8.18. The predicted octanol–water partition coefficient (Wildman–Crippen LogP) is 2.10. The van der Waals surface area contributed by atoms with E-state index in [-0.39, 0.29) is 5.91 Å². The first-order chi connectivity index (χ1) is 9.82. The smallest absolute Gasteiger partial charge is 0.232 e. The summed E-state index contributed by atoms with van der Waals surface area (Å²) in [4.78, 5) is 17.3. The van der Waals surface area contributed by atoms with Crippen LogP contribution in [-0.2, 0) is 10.2 Å². The van der Waals surface area contributed by atoms with Gasteiger partial charge in [-0.15, -0.1) is 0 Å². The molecule has 0 spiro atoms. The van der Waals surface area contributed by atoms with Crippen LogP contribution < -0.4 is 5.73 Å². The Bertz CT molecular complexity index is 485. The molecule has 1 amide bonds. The van der Waals surface area contributed by atoms with Gasteiger partial charge in [0, 0.05) is 37.9 Å². The lowest BCUT2D eigenvalue weighted by molar-refractivity contribution is -0.138. The normalized spacial score (nSPS) is 17.3. The van der Waals surface area contributed by atoms with Gasteiger partial charge in [-0.25, -0.2) is 0 Å². The molecule has 4 nitrogen and oxygen atoms in total. The highest BCUT2D eigenvalue weighted by Crippen LogP contribution is 2.27. The first-order valence-corrected chi connectivity index (χ1v) is 7.72. The topological polar surface area (TPSA) is 49.6 Å². The molecule has 0 bridgehead atoms. The minimum absolute atomic E-state index is 0.204. The Morgan fingerprint density at radius 2 is 1.62 bits per heavy atom. The molecule has 2 N–H and O–H groups in total. The van der Waals surface area contributed by atoms with Crippen molar-refractivity contribution in [2.45, 2.75) is 39.2 Å². The third-order valence-corrected chi connectivity index (χ3v) is 4.50. The van der Waals surface area contributed by atoms with Crippen molar-refractivity contribution in [2.75, 3.05) is 31.9 Å². The number of nitrogens with zero attached hydrogens (tertiary/aromatic N) is 2. The van der Waals surface area contributed by atoms with E-state index in [0.29, 0.717) is 6.04 Å². The molecule has 1 aromatic rings. The summed E-state index contributed by atoms with van der Waals surface area (Å²) in [5, 5.41) is 0. The number of nitrogen functional groups attached to an aromatic ring is 1. The second-order valence-electron chi connectivity index (χ2n) is 6.67. The van der Waals surface area contributed by atoms with Gasteiger partial charge in [-0.3, -0.25) is 9.69 Å². The molecule has 1 fully saturated rings. The zero-order chi connectivity index (χ0) is 15.6. The Morgan fingerprint density at radius 1 is 1.10 bits per heavy atom. The van der Waals surface area contributed by atoms with E-state index in [2.05, 4.69) is 18.7 Å². The number of nitrogens with two attached hydrogens (primary N) is 1. The summed E-state index contributed by atoms with van der Waals surface area (Å²) in [7, 11) is 0. The van der Waals surface area contributed by atoms with Gasteiger partial charge in [0.1, 0.15) is 0 Å². The van der Waals surface area contributed by atoms with E-state index in [0.717, 1.165) is 37.4 Å². The van der Waals surface area contributed by atoms with E-state index in [1.165, 1.54) is 0 Å². The highest BCUT2D eigenvalue weighted by Gasteiger charge is 2.35. The van der Waals surface area contributed by atoms with Gasteiger partial charge in [-0.1, -0.05) is 12.1 Å². The van der Waals surface area contributed by atoms with E-state index in [4.69, 9.17) is 5.73 Å². The summed E-state index contributed by atoms with van der Waals surface area (Å²) in [6.45, 7) is 11.9. The van der Waals surface area contributed by atoms with Crippen LogP contribution in [0.15, 0.2) is 24.3 Å². The average molecular weight is 289 g/mol. The molecule has 0 aliphatic carbocycles. The maximum absolute atomic E-state index is 12.9. The molecule has 0 aromatic heterocycles. The van der Waals surface area contributed by atoms with Crippen LogP contribution in [0.4, 0.5) is 5.69 Å². The van der Waals surface area contributed by atoms with Crippen molar-refractivity contribution in [3.05, 3.63) is 29.8 Å². The number of benzene rings is 1. The number of hydrogen-bond acceptors (Lipinski definition) is 3. The fourth-order valence-corrected chi connectivity index (χ4v) is 2.86. The van der Waals surface area contributed by atoms with Crippen molar-refractivity contribution >= 4 is 11.6 Å². The Kier molecular flexibility index (Phi) is 4.57. The third-order valence-electron chi connectivity index (χ3n) is 4.50. The molecule has 1 saturated heterocycles. The maximum Gasteiger partial charge on any atom is 0.232 e. The van der Waals surface area contributed by atoms with Crippen LogP contribution in [0.1, 0.15) is 33.3 Å². The summed E-state index contributed by atoms with van der Waals surface area (Å²) in [5.41, 5.74) is 6.98.